The van der Waals surface area contributed by atoms with Gasteiger partial charge in [-0.1, -0.05) is 0 Å². The number of aromatic nitrogens is 1. The van der Waals surface area contributed by atoms with Crippen molar-refractivity contribution in [1.29, 1.82) is 0 Å². The second-order valence-corrected chi connectivity index (χ2v) is 4.79. The van der Waals surface area contributed by atoms with Crippen LogP contribution in [0.1, 0.15) is 12.0 Å². The molecule has 3 heterocycles. The summed E-state index contributed by atoms with van der Waals surface area (Å²) in [4.78, 5) is 15.7. The number of hydrogen-bond acceptors (Lipinski definition) is 3. The molecule has 82 valence electrons. The Hall–Kier alpha value is -1.36. The molecule has 0 unspecified atom stereocenters. The van der Waals surface area contributed by atoms with Gasteiger partial charge in [-0.2, -0.15) is 0 Å². The van der Waals surface area contributed by atoms with E-state index in [9.17, 15) is 4.79 Å². The first-order chi connectivity index (χ1) is 7.75. The van der Waals surface area contributed by atoms with Gasteiger partial charge in [0.1, 0.15) is 5.82 Å². The summed E-state index contributed by atoms with van der Waals surface area (Å²) in [5.41, 5.74) is 3.51. The van der Waals surface area contributed by atoms with Crippen LogP contribution in [0.4, 0.5) is 5.82 Å². The Kier molecular flexibility index (Phi) is 2.21. The lowest BCUT2D eigenvalue weighted by molar-refractivity contribution is -0.120. The molecule has 16 heavy (non-hydrogen) atoms. The van der Waals surface area contributed by atoms with Crippen LogP contribution >= 0.6 is 16.1 Å². The molecule has 0 aliphatic carbocycles. The number of pyridine rings is 1. The molecule has 1 aromatic rings. The highest BCUT2D eigenvalue weighted by Gasteiger charge is 2.28. The number of nitrogens with zero attached hydrogens (tertiary/aromatic N) is 2. The van der Waals surface area contributed by atoms with Gasteiger partial charge in [-0.3, -0.25) is 8.72 Å². The van der Waals surface area contributed by atoms with Gasteiger partial charge >= 0.3 is 0 Å². The molecule has 0 saturated carbocycles. The first-order valence-electron chi connectivity index (χ1n) is 5.12. The van der Waals surface area contributed by atoms with E-state index < -0.39 is 0 Å². The molecule has 2 aliphatic heterocycles. The number of amides is 1. The molecule has 4 nitrogen and oxygen atoms in total. The average molecular weight is 280 g/mol. The van der Waals surface area contributed by atoms with Gasteiger partial charge in [0.05, 0.1) is 22.7 Å². The fraction of sp³-hybridized carbons (Fsp3) is 0.273. The van der Waals surface area contributed by atoms with Crippen molar-refractivity contribution < 1.29 is 4.79 Å². The van der Waals surface area contributed by atoms with E-state index in [4.69, 9.17) is 0 Å². The van der Waals surface area contributed by atoms with Gasteiger partial charge < -0.3 is 5.32 Å². The average Bonchev–Trinajstić information content (AvgIpc) is 2.29. The van der Waals surface area contributed by atoms with E-state index in [0.29, 0.717) is 13.0 Å². The Balaban J connectivity index is 2.14. The van der Waals surface area contributed by atoms with Crippen molar-refractivity contribution in [2.24, 2.45) is 0 Å². The van der Waals surface area contributed by atoms with Crippen molar-refractivity contribution >= 4 is 33.4 Å². The molecule has 0 fully saturated rings. The molecule has 0 spiro atoms. The monoisotopic (exact) mass is 279 g/mol. The summed E-state index contributed by atoms with van der Waals surface area (Å²) in [6, 6.07) is 3.97. The molecule has 0 saturated heterocycles. The molecule has 1 amide bonds. The highest BCUT2D eigenvalue weighted by Crippen LogP contribution is 2.36. The summed E-state index contributed by atoms with van der Waals surface area (Å²) >= 11 is 3.47. The molecular weight excluding hydrogens is 270 g/mol. The molecule has 1 aromatic heterocycles. The number of hydrogen-bond donors (Lipinski definition) is 1. The number of anilines is 1. The zero-order valence-corrected chi connectivity index (χ0v) is 10.1. The molecule has 0 radical (unpaired) electrons. The molecule has 0 bridgehead atoms. The van der Waals surface area contributed by atoms with Crippen LogP contribution in [0.15, 0.2) is 23.9 Å². The van der Waals surface area contributed by atoms with E-state index in [0.717, 1.165) is 17.9 Å². The van der Waals surface area contributed by atoms with Crippen LogP contribution in [0, 0.1) is 0 Å². The van der Waals surface area contributed by atoms with Crippen molar-refractivity contribution in [3.8, 4) is 0 Å². The maximum atomic E-state index is 11.3. The van der Waals surface area contributed by atoms with Gasteiger partial charge in [-0.15, -0.1) is 0 Å². The second kappa shape index (κ2) is 3.59. The summed E-state index contributed by atoms with van der Waals surface area (Å²) in [7, 11) is 0. The highest BCUT2D eigenvalue weighted by molar-refractivity contribution is 9.10. The van der Waals surface area contributed by atoms with Crippen LogP contribution in [-0.2, 0) is 4.79 Å². The third-order valence-electron chi connectivity index (χ3n) is 2.93. The number of carbonyl (C=O) groups is 1. The Morgan fingerprint density at radius 1 is 1.50 bits per heavy atom. The minimum absolute atomic E-state index is 0.104. The van der Waals surface area contributed by atoms with E-state index in [-0.39, 0.29) is 5.91 Å². The first-order valence-corrected chi connectivity index (χ1v) is 5.83. The largest absolute Gasteiger partial charge is 0.352 e. The molecule has 2 aliphatic rings. The maximum Gasteiger partial charge on any atom is 0.224 e. The lowest BCUT2D eigenvalue weighted by Crippen LogP contribution is -2.35. The van der Waals surface area contributed by atoms with Crippen molar-refractivity contribution in [2.45, 2.75) is 6.42 Å². The fourth-order valence-electron chi connectivity index (χ4n) is 2.18. The predicted molar refractivity (Wildman–Crippen MR) is 65.1 cm³/mol. The molecular formula is C11H10BrN3O. The maximum absolute atomic E-state index is 11.3. The van der Waals surface area contributed by atoms with E-state index in [1.807, 2.05) is 16.1 Å². The first kappa shape index (κ1) is 9.84. The molecule has 3 rings (SSSR count). The van der Waals surface area contributed by atoms with Gasteiger partial charge in [0, 0.05) is 24.7 Å². The van der Waals surface area contributed by atoms with Gasteiger partial charge in [0.25, 0.3) is 0 Å². The number of carbonyl (C=O) groups excluding carboxylic acids is 1. The predicted octanol–water partition coefficient (Wildman–Crippen LogP) is 1.49. The minimum atomic E-state index is 0.104. The standard InChI is InChI=1S/C11H10BrN3O/c12-15-6-7-4-10(16)14-5-9(7)8-2-1-3-13-11(8)15/h1-3H,4-6H2,(H,14,16). The summed E-state index contributed by atoms with van der Waals surface area (Å²) in [6.45, 7) is 1.35. The van der Waals surface area contributed by atoms with Crippen molar-refractivity contribution in [3.63, 3.8) is 0 Å². The topological polar surface area (TPSA) is 45.2 Å². The Morgan fingerprint density at radius 3 is 3.25 bits per heavy atom. The molecule has 0 atom stereocenters. The SMILES string of the molecule is O=C1CC2=C(CN1)c1cccnc1N(Br)C2. The van der Waals surface area contributed by atoms with Crippen LogP contribution in [-0.4, -0.2) is 24.0 Å². The van der Waals surface area contributed by atoms with Crippen LogP contribution in [0.5, 0.6) is 0 Å². The summed E-state index contributed by atoms with van der Waals surface area (Å²) in [5, 5.41) is 2.88. The van der Waals surface area contributed by atoms with Crippen LogP contribution in [0.2, 0.25) is 0 Å². The van der Waals surface area contributed by atoms with Gasteiger partial charge in [-0.05, 0) is 23.3 Å². The third kappa shape index (κ3) is 1.43. The number of fused-ring (bicyclic) bond motifs is 2. The quantitative estimate of drug-likeness (QED) is 0.732. The summed E-state index contributed by atoms with van der Waals surface area (Å²) < 4.78 is 1.92. The zero-order chi connectivity index (χ0) is 11.1. The molecule has 1 N–H and O–H groups in total. The summed E-state index contributed by atoms with van der Waals surface area (Å²) in [6.07, 6.45) is 2.27. The van der Waals surface area contributed by atoms with Gasteiger partial charge in [0.2, 0.25) is 5.91 Å². The number of nitrogens with one attached hydrogen (secondary N) is 1. The van der Waals surface area contributed by atoms with E-state index >= 15 is 0 Å². The normalized spacial score (nSPS) is 19.1. The lowest BCUT2D eigenvalue weighted by atomic mass is 9.92. The minimum Gasteiger partial charge on any atom is -0.352 e. The fourth-order valence-corrected chi connectivity index (χ4v) is 2.77. The number of halogens is 1. The van der Waals surface area contributed by atoms with E-state index in [1.165, 1.54) is 11.1 Å². The van der Waals surface area contributed by atoms with E-state index in [1.54, 1.807) is 6.20 Å². The smallest absolute Gasteiger partial charge is 0.224 e. The van der Waals surface area contributed by atoms with Crippen LogP contribution in [0.25, 0.3) is 5.57 Å². The van der Waals surface area contributed by atoms with Crippen molar-refractivity contribution in [2.75, 3.05) is 17.0 Å². The van der Waals surface area contributed by atoms with Crippen molar-refractivity contribution in [3.05, 3.63) is 29.5 Å². The van der Waals surface area contributed by atoms with Gasteiger partial charge in [0.15, 0.2) is 0 Å². The Labute approximate surface area is 102 Å². The summed E-state index contributed by atoms with van der Waals surface area (Å²) in [5.74, 6) is 1.03. The van der Waals surface area contributed by atoms with Gasteiger partial charge in [-0.25, -0.2) is 4.98 Å². The zero-order valence-electron chi connectivity index (χ0n) is 8.53. The number of rotatable bonds is 0. The van der Waals surface area contributed by atoms with Crippen molar-refractivity contribution in [1.82, 2.24) is 10.3 Å². The molecule has 0 aromatic carbocycles. The second-order valence-electron chi connectivity index (χ2n) is 3.93. The lowest BCUT2D eigenvalue weighted by Gasteiger charge is -2.31. The molecule has 5 heteroatoms. The van der Waals surface area contributed by atoms with Crippen LogP contribution < -0.4 is 9.24 Å². The highest BCUT2D eigenvalue weighted by atomic mass is 79.9. The Bertz CT molecular complexity index is 498. The third-order valence-corrected chi connectivity index (χ3v) is 3.52. The van der Waals surface area contributed by atoms with Crippen LogP contribution in [0.3, 0.4) is 0 Å². The van der Waals surface area contributed by atoms with E-state index in [2.05, 4.69) is 26.4 Å². The Morgan fingerprint density at radius 2 is 2.38 bits per heavy atom.